The molecule has 5 nitrogen and oxygen atoms in total. The topological polar surface area (TPSA) is 43.2 Å². The third kappa shape index (κ3) is 5.31. The zero-order valence-corrected chi connectivity index (χ0v) is 17.5. The normalized spacial score (nSPS) is 20.5. The van der Waals surface area contributed by atoms with Gasteiger partial charge in [-0.15, -0.1) is 6.58 Å². The van der Waals surface area contributed by atoms with Gasteiger partial charge in [-0.1, -0.05) is 19.1 Å². The van der Waals surface area contributed by atoms with Crippen LogP contribution in [0.3, 0.4) is 0 Å². The van der Waals surface area contributed by atoms with Gasteiger partial charge in [0.25, 0.3) is 0 Å². The van der Waals surface area contributed by atoms with Gasteiger partial charge in [-0.25, -0.2) is 0 Å². The van der Waals surface area contributed by atoms with Crippen molar-refractivity contribution in [3.63, 3.8) is 0 Å². The van der Waals surface area contributed by atoms with E-state index in [0.29, 0.717) is 0 Å². The maximum Gasteiger partial charge on any atom is 0.120 e. The van der Waals surface area contributed by atoms with Gasteiger partial charge < -0.3 is 9.80 Å². The lowest BCUT2D eigenvalue weighted by Crippen LogP contribution is -2.69. The Morgan fingerprint density at radius 3 is 2.42 bits per heavy atom. The quantitative estimate of drug-likeness (QED) is 0.279. The van der Waals surface area contributed by atoms with Crippen LogP contribution in [0.2, 0.25) is 0 Å². The van der Waals surface area contributed by atoms with Crippen LogP contribution in [-0.4, -0.2) is 60.7 Å². The van der Waals surface area contributed by atoms with Crippen LogP contribution >= 0.6 is 0 Å². The molecule has 1 N–H and O–H groups in total. The molecule has 0 bridgehead atoms. The summed E-state index contributed by atoms with van der Waals surface area (Å²) in [6.07, 6.45) is 14.3. The van der Waals surface area contributed by atoms with Crippen LogP contribution in [0.5, 0.6) is 0 Å². The Morgan fingerprint density at radius 2 is 2.00 bits per heavy atom. The Morgan fingerprint density at radius 1 is 1.35 bits per heavy atom. The number of aliphatic imine (C=N–C) groups is 2. The second-order valence-corrected chi connectivity index (χ2v) is 7.43. The van der Waals surface area contributed by atoms with E-state index in [1.165, 1.54) is 6.42 Å². The lowest BCUT2D eigenvalue weighted by atomic mass is 9.74. The molecule has 0 saturated heterocycles. The van der Waals surface area contributed by atoms with Gasteiger partial charge in [0.05, 0.1) is 11.6 Å². The second kappa shape index (κ2) is 9.72. The zero-order valence-electron chi connectivity index (χ0n) is 17.5. The van der Waals surface area contributed by atoms with Crippen molar-refractivity contribution >= 4 is 12.6 Å². The zero-order chi connectivity index (χ0) is 19.8. The van der Waals surface area contributed by atoms with E-state index in [2.05, 4.69) is 87.5 Å². The van der Waals surface area contributed by atoms with Crippen LogP contribution in [0.4, 0.5) is 0 Å². The summed E-state index contributed by atoms with van der Waals surface area (Å²) in [5, 5.41) is 3.92. The molecule has 1 rings (SSSR count). The van der Waals surface area contributed by atoms with E-state index in [-0.39, 0.29) is 17.2 Å². The number of nitrogens with zero attached hydrogens (tertiary/aromatic N) is 4. The first kappa shape index (κ1) is 22.2. The van der Waals surface area contributed by atoms with Gasteiger partial charge >= 0.3 is 0 Å². The van der Waals surface area contributed by atoms with Gasteiger partial charge in [-0.05, 0) is 52.3 Å². The van der Waals surface area contributed by atoms with Crippen molar-refractivity contribution in [3.05, 3.63) is 37.2 Å². The molecule has 0 aromatic carbocycles. The molecule has 2 unspecified atom stereocenters. The van der Waals surface area contributed by atoms with Gasteiger partial charge in [-0.3, -0.25) is 15.3 Å². The molecular weight excluding hydrogens is 322 g/mol. The van der Waals surface area contributed by atoms with Crippen LogP contribution in [0.15, 0.2) is 47.2 Å². The SMILES string of the molecule is C=CC(C)N=C(N(C)C)C1(NC(C)(/C=C\CC)N(C)/C=C\N=C)CCC1. The Labute approximate surface area is 160 Å². The van der Waals surface area contributed by atoms with Gasteiger partial charge in [0.15, 0.2) is 0 Å². The van der Waals surface area contributed by atoms with E-state index in [1.54, 1.807) is 6.20 Å². The van der Waals surface area contributed by atoms with Gasteiger partial charge in [0, 0.05) is 33.5 Å². The fourth-order valence-electron chi connectivity index (χ4n) is 3.23. The fraction of sp³-hybridized carbons (Fsp3) is 0.619. The van der Waals surface area contributed by atoms with Crippen molar-refractivity contribution in [2.45, 2.75) is 63.7 Å². The largest absolute Gasteiger partial charge is 0.365 e. The minimum Gasteiger partial charge on any atom is -0.365 e. The molecule has 1 fully saturated rings. The van der Waals surface area contributed by atoms with Crippen LogP contribution < -0.4 is 5.32 Å². The maximum absolute atomic E-state index is 4.95. The van der Waals surface area contributed by atoms with Gasteiger partial charge in [0.2, 0.25) is 0 Å². The molecule has 0 radical (unpaired) electrons. The Balaban J connectivity index is 3.28. The molecule has 5 heteroatoms. The monoisotopic (exact) mass is 359 g/mol. The molecule has 2 atom stereocenters. The molecule has 0 amide bonds. The Hall–Kier alpha value is -1.88. The van der Waals surface area contributed by atoms with E-state index in [9.17, 15) is 0 Å². The molecule has 1 aliphatic rings. The number of allylic oxidation sites excluding steroid dienone is 1. The molecule has 0 aliphatic heterocycles. The molecular formula is C21H37N5. The Kier molecular flexibility index (Phi) is 8.28. The molecule has 0 aromatic heterocycles. The maximum atomic E-state index is 4.95. The van der Waals surface area contributed by atoms with E-state index in [4.69, 9.17) is 4.99 Å². The number of hydrogen-bond donors (Lipinski definition) is 1. The fourth-order valence-corrected chi connectivity index (χ4v) is 3.23. The first-order valence-corrected chi connectivity index (χ1v) is 9.45. The molecule has 146 valence electrons. The molecule has 0 aromatic rings. The summed E-state index contributed by atoms with van der Waals surface area (Å²) in [4.78, 5) is 13.1. The number of rotatable bonds is 10. The summed E-state index contributed by atoms with van der Waals surface area (Å²) in [5.41, 5.74) is -0.497. The first-order chi connectivity index (χ1) is 12.2. The van der Waals surface area contributed by atoms with Crippen molar-refractivity contribution in [2.24, 2.45) is 9.98 Å². The van der Waals surface area contributed by atoms with E-state index < -0.39 is 0 Å². The van der Waals surface area contributed by atoms with Crippen LogP contribution in [0.25, 0.3) is 0 Å². The highest BCUT2D eigenvalue weighted by molar-refractivity contribution is 5.92. The van der Waals surface area contributed by atoms with Crippen molar-refractivity contribution < 1.29 is 0 Å². The molecule has 26 heavy (non-hydrogen) atoms. The minimum absolute atomic E-state index is 0.0895. The summed E-state index contributed by atoms with van der Waals surface area (Å²) in [6, 6.07) is 0.0895. The second-order valence-electron chi connectivity index (χ2n) is 7.43. The smallest absolute Gasteiger partial charge is 0.120 e. The van der Waals surface area contributed by atoms with Crippen LogP contribution in [0, 0.1) is 0 Å². The number of nitrogens with one attached hydrogen (secondary N) is 1. The van der Waals surface area contributed by atoms with E-state index >= 15 is 0 Å². The highest BCUT2D eigenvalue weighted by Crippen LogP contribution is 2.37. The van der Waals surface area contributed by atoms with E-state index in [1.807, 2.05) is 12.3 Å². The summed E-state index contributed by atoms with van der Waals surface area (Å²) in [5.74, 6) is 1.09. The van der Waals surface area contributed by atoms with Crippen molar-refractivity contribution in [1.82, 2.24) is 15.1 Å². The van der Waals surface area contributed by atoms with E-state index in [0.717, 1.165) is 25.1 Å². The molecule has 0 spiro atoms. The summed E-state index contributed by atoms with van der Waals surface area (Å²) in [7, 11) is 6.20. The molecule has 0 heterocycles. The van der Waals surface area contributed by atoms with Gasteiger partial charge in [-0.2, -0.15) is 0 Å². The Bertz CT molecular complexity index is 557. The van der Waals surface area contributed by atoms with Crippen LogP contribution in [0.1, 0.15) is 46.5 Å². The predicted octanol–water partition coefficient (Wildman–Crippen LogP) is 3.82. The summed E-state index contributed by atoms with van der Waals surface area (Å²) in [6.45, 7) is 13.8. The summed E-state index contributed by atoms with van der Waals surface area (Å²) >= 11 is 0. The average molecular weight is 360 g/mol. The third-order valence-electron chi connectivity index (χ3n) is 5.02. The molecule has 1 saturated carbocycles. The first-order valence-electron chi connectivity index (χ1n) is 9.45. The number of hydrogen-bond acceptors (Lipinski definition) is 4. The van der Waals surface area contributed by atoms with Crippen molar-refractivity contribution in [1.29, 1.82) is 0 Å². The van der Waals surface area contributed by atoms with Crippen LogP contribution in [-0.2, 0) is 0 Å². The average Bonchev–Trinajstić information content (AvgIpc) is 2.58. The third-order valence-corrected chi connectivity index (χ3v) is 5.02. The number of amidine groups is 1. The van der Waals surface area contributed by atoms with Crippen molar-refractivity contribution in [3.8, 4) is 0 Å². The summed E-state index contributed by atoms with van der Waals surface area (Å²) < 4.78 is 0. The van der Waals surface area contributed by atoms with Gasteiger partial charge in [0.1, 0.15) is 11.5 Å². The lowest BCUT2D eigenvalue weighted by molar-refractivity contribution is 0.119. The molecule has 1 aliphatic carbocycles. The van der Waals surface area contributed by atoms with Crippen molar-refractivity contribution in [2.75, 3.05) is 21.1 Å². The number of likely N-dealkylation sites (N-methyl/N-ethyl adjacent to an activating group) is 2. The standard InChI is InChI=1S/C21H37N5/c1-9-11-13-20(4,26(8)17-16-22-5)24-21(14-12-15-21)19(25(6)7)23-18(3)10-2/h10-11,13,16-18,24H,2,5,9,12,14-15H2,1,3-4,6-8H3/b13-11-,17-16-,23-19?. The highest BCUT2D eigenvalue weighted by atomic mass is 15.3. The minimum atomic E-state index is -0.355. The predicted molar refractivity (Wildman–Crippen MR) is 115 cm³/mol. The highest BCUT2D eigenvalue weighted by Gasteiger charge is 2.47. The lowest BCUT2D eigenvalue weighted by Gasteiger charge is -2.52.